The highest BCUT2D eigenvalue weighted by atomic mass is 33.1. The van der Waals surface area contributed by atoms with Gasteiger partial charge in [-0.3, -0.25) is 0 Å². The van der Waals surface area contributed by atoms with Gasteiger partial charge in [-0.25, -0.2) is 0 Å². The second-order valence-electron chi connectivity index (χ2n) is 8.57. The van der Waals surface area contributed by atoms with E-state index in [1.165, 1.54) is 36.4 Å². The third-order valence-corrected chi connectivity index (χ3v) is 11.8. The highest BCUT2D eigenvalue weighted by Gasteiger charge is 2.31. The first-order valence-corrected chi connectivity index (χ1v) is 19.3. The second-order valence-corrected chi connectivity index (χ2v) is 16.4. The van der Waals surface area contributed by atoms with Crippen molar-refractivity contribution in [1.29, 1.82) is 0 Å². The van der Waals surface area contributed by atoms with Gasteiger partial charge in [-0.05, 0) is 51.4 Å². The molecule has 0 unspecified atom stereocenters. The van der Waals surface area contributed by atoms with Gasteiger partial charge in [-0.15, -0.1) is 0 Å². The summed E-state index contributed by atoms with van der Waals surface area (Å²) in [4.78, 5) is 0. The molecule has 0 radical (unpaired) electrons. The largest absolute Gasteiger partial charge is 0.354 e. The fourth-order valence-electron chi connectivity index (χ4n) is 3.74. The maximum atomic E-state index is 6.29. The Hall–Kier alpha value is 0.974. The van der Waals surface area contributed by atoms with Crippen LogP contribution in [0.2, 0.25) is 12.1 Å². The molecular formula is C24H54O4S2Si2. The lowest BCUT2D eigenvalue weighted by Crippen LogP contribution is -2.43. The Labute approximate surface area is 212 Å². The van der Waals surface area contributed by atoms with Gasteiger partial charge in [0.2, 0.25) is 0 Å². The molecule has 0 N–H and O–H groups in total. The summed E-state index contributed by atoms with van der Waals surface area (Å²) < 4.78 is 25.2. The smallest absolute Gasteiger partial charge is 0.145 e. The van der Waals surface area contributed by atoms with Crippen LogP contribution < -0.4 is 0 Å². The van der Waals surface area contributed by atoms with Crippen LogP contribution in [0.1, 0.15) is 92.9 Å². The molecule has 194 valence electrons. The third-order valence-electron chi connectivity index (χ3n) is 5.19. The van der Waals surface area contributed by atoms with E-state index in [2.05, 4.69) is 41.5 Å². The molecule has 32 heavy (non-hydrogen) atoms. The van der Waals surface area contributed by atoms with Crippen LogP contribution in [-0.2, 0) is 18.9 Å². The predicted molar refractivity (Wildman–Crippen MR) is 152 cm³/mol. The summed E-state index contributed by atoms with van der Waals surface area (Å²) in [7, 11) is 3.26. The Kier molecular flexibility index (Phi) is 23.1. The topological polar surface area (TPSA) is 36.9 Å². The van der Waals surface area contributed by atoms with Gasteiger partial charge in [0, 0.05) is 37.9 Å². The van der Waals surface area contributed by atoms with Crippen molar-refractivity contribution in [3.63, 3.8) is 0 Å². The van der Waals surface area contributed by atoms with Crippen molar-refractivity contribution in [2.24, 2.45) is 0 Å². The molecule has 0 aromatic carbocycles. The van der Waals surface area contributed by atoms with E-state index >= 15 is 0 Å². The summed E-state index contributed by atoms with van der Waals surface area (Å²) in [6.07, 6.45) is 8.70. The predicted octanol–water partition coefficient (Wildman–Crippen LogP) is 6.16. The number of ether oxygens (including phenoxy) is 4. The molecule has 0 bridgehead atoms. The van der Waals surface area contributed by atoms with E-state index in [4.69, 9.17) is 18.9 Å². The van der Waals surface area contributed by atoms with Crippen molar-refractivity contribution in [3.8, 4) is 0 Å². The van der Waals surface area contributed by atoms with Crippen molar-refractivity contribution in [2.75, 3.05) is 37.9 Å². The SMILES string of the molecule is CCCOC(CCCSSCCCC(OCCC)(OCCC)[SiH2]CC)(OCCC)[SiH2]CC. The molecule has 0 aliphatic heterocycles. The number of rotatable bonds is 25. The summed E-state index contributed by atoms with van der Waals surface area (Å²) in [5, 5.41) is 0. The highest BCUT2D eigenvalue weighted by molar-refractivity contribution is 8.76. The van der Waals surface area contributed by atoms with Gasteiger partial charge < -0.3 is 18.9 Å². The van der Waals surface area contributed by atoms with Crippen LogP contribution in [0.15, 0.2) is 0 Å². The molecule has 0 aliphatic rings. The lowest BCUT2D eigenvalue weighted by Gasteiger charge is -2.34. The molecule has 0 saturated heterocycles. The van der Waals surface area contributed by atoms with Crippen molar-refractivity contribution < 1.29 is 18.9 Å². The molecule has 0 saturated carbocycles. The van der Waals surface area contributed by atoms with Crippen molar-refractivity contribution in [1.82, 2.24) is 0 Å². The lowest BCUT2D eigenvalue weighted by molar-refractivity contribution is -0.185. The molecule has 0 spiro atoms. The van der Waals surface area contributed by atoms with Gasteiger partial charge in [0.1, 0.15) is 10.8 Å². The van der Waals surface area contributed by atoms with E-state index in [0.29, 0.717) is 0 Å². The quantitative estimate of drug-likeness (QED) is 0.0614. The van der Waals surface area contributed by atoms with Crippen LogP contribution in [0.3, 0.4) is 0 Å². The zero-order valence-electron chi connectivity index (χ0n) is 22.2. The van der Waals surface area contributed by atoms with Crippen LogP contribution in [0.5, 0.6) is 0 Å². The molecule has 0 aromatic heterocycles. The van der Waals surface area contributed by atoms with E-state index in [-0.39, 0.29) is 29.9 Å². The average molecular weight is 527 g/mol. The Morgan fingerprint density at radius 2 is 0.844 bits per heavy atom. The zero-order valence-corrected chi connectivity index (χ0v) is 26.6. The Morgan fingerprint density at radius 3 is 1.09 bits per heavy atom. The molecule has 0 fully saturated rings. The first-order chi connectivity index (χ1) is 15.6. The normalized spacial score (nSPS) is 13.3. The third kappa shape index (κ3) is 15.8. The standard InChI is InChI=1S/C24H54O4S2Si2/c1-7-17-25-23(31-11-5,26-18-8-2)15-13-21-29-30-22-14-16-24(32-12-6,27-19-9-3)28-20-10-4/h7-22,31-32H2,1-6H3. The fourth-order valence-corrected chi connectivity index (χ4v) is 9.60. The Bertz CT molecular complexity index is 354. The first-order valence-electron chi connectivity index (χ1n) is 13.4. The first kappa shape index (κ1) is 33.0. The summed E-state index contributed by atoms with van der Waals surface area (Å²) in [6, 6.07) is 2.47. The maximum absolute atomic E-state index is 6.29. The van der Waals surface area contributed by atoms with Crippen LogP contribution in [0, 0.1) is 0 Å². The van der Waals surface area contributed by atoms with Crippen LogP contribution >= 0.6 is 21.6 Å². The minimum absolute atomic E-state index is 0.233. The Morgan fingerprint density at radius 1 is 0.531 bits per heavy atom. The Balaban J connectivity index is 4.36. The average Bonchev–Trinajstić information content (AvgIpc) is 2.80. The van der Waals surface area contributed by atoms with Crippen LogP contribution in [0.4, 0.5) is 0 Å². The van der Waals surface area contributed by atoms with Crippen LogP contribution in [0.25, 0.3) is 0 Å². The minimum atomic E-state index is -0.379. The zero-order chi connectivity index (χ0) is 24.0. The number of hydrogen-bond donors (Lipinski definition) is 0. The molecule has 0 aromatic rings. The number of hydrogen-bond acceptors (Lipinski definition) is 6. The van der Waals surface area contributed by atoms with Crippen molar-refractivity contribution >= 4 is 40.6 Å². The minimum Gasteiger partial charge on any atom is -0.354 e. The molecular weight excluding hydrogens is 473 g/mol. The second kappa shape index (κ2) is 22.4. The summed E-state index contributed by atoms with van der Waals surface area (Å²) in [5.41, 5.74) is -0.465. The lowest BCUT2D eigenvalue weighted by atomic mass is 10.3. The fraction of sp³-hybridized carbons (Fsp3) is 1.00. The van der Waals surface area contributed by atoms with E-state index < -0.39 is 0 Å². The molecule has 8 heteroatoms. The molecule has 0 heterocycles. The van der Waals surface area contributed by atoms with Gasteiger partial charge in [0.15, 0.2) is 0 Å². The molecule has 0 atom stereocenters. The molecule has 4 nitrogen and oxygen atoms in total. The molecule has 0 amide bonds. The van der Waals surface area contributed by atoms with Gasteiger partial charge >= 0.3 is 0 Å². The van der Waals surface area contributed by atoms with Gasteiger partial charge in [0.05, 0.1) is 19.0 Å². The van der Waals surface area contributed by atoms with E-state index in [1.54, 1.807) is 0 Å². The van der Waals surface area contributed by atoms with Crippen molar-refractivity contribution in [3.05, 3.63) is 0 Å². The summed E-state index contributed by atoms with van der Waals surface area (Å²) in [6.45, 7) is 16.6. The van der Waals surface area contributed by atoms with E-state index in [0.717, 1.165) is 65.0 Å². The van der Waals surface area contributed by atoms with Gasteiger partial charge in [0.25, 0.3) is 0 Å². The van der Waals surface area contributed by atoms with Crippen molar-refractivity contribution in [2.45, 2.75) is 116 Å². The maximum Gasteiger partial charge on any atom is 0.145 e. The highest BCUT2D eigenvalue weighted by Crippen LogP contribution is 2.29. The van der Waals surface area contributed by atoms with Crippen LogP contribution in [-0.4, -0.2) is 67.8 Å². The summed E-state index contributed by atoms with van der Waals surface area (Å²) in [5.74, 6) is 2.34. The monoisotopic (exact) mass is 526 g/mol. The molecule has 0 rings (SSSR count). The summed E-state index contributed by atoms with van der Waals surface area (Å²) >= 11 is 0. The molecule has 0 aliphatic carbocycles. The van der Waals surface area contributed by atoms with E-state index in [1.807, 2.05) is 21.6 Å². The van der Waals surface area contributed by atoms with Gasteiger partial charge in [-0.2, -0.15) is 0 Å². The van der Waals surface area contributed by atoms with E-state index in [9.17, 15) is 0 Å². The van der Waals surface area contributed by atoms with Gasteiger partial charge in [-0.1, -0.05) is 75.2 Å².